The Labute approximate surface area is 127 Å². The van der Waals surface area contributed by atoms with Crippen molar-refractivity contribution in [3.8, 4) is 0 Å². The highest BCUT2D eigenvalue weighted by atomic mass is 16.5. The molecule has 0 aromatic heterocycles. The molecule has 2 unspecified atom stereocenters. The van der Waals surface area contributed by atoms with Crippen LogP contribution in [0.5, 0.6) is 0 Å². The molecule has 2 atom stereocenters. The first-order valence-corrected chi connectivity index (χ1v) is 6.71. The number of nitrogens with zero attached hydrogens (tertiary/aromatic N) is 2. The van der Waals surface area contributed by atoms with Crippen molar-refractivity contribution in [1.29, 1.82) is 0 Å². The first kappa shape index (κ1) is 17.6. The van der Waals surface area contributed by atoms with E-state index in [1.54, 1.807) is 13.8 Å². The lowest BCUT2D eigenvalue weighted by Crippen LogP contribution is -2.49. The molecule has 9 heteroatoms. The van der Waals surface area contributed by atoms with Crippen molar-refractivity contribution >= 4 is 29.8 Å². The van der Waals surface area contributed by atoms with Gasteiger partial charge in [-0.05, 0) is 12.8 Å². The van der Waals surface area contributed by atoms with Gasteiger partial charge in [-0.2, -0.15) is 0 Å². The maximum absolute atomic E-state index is 12.4. The lowest BCUT2D eigenvalue weighted by atomic mass is 10.2. The fourth-order valence-corrected chi connectivity index (χ4v) is 2.23. The Morgan fingerprint density at radius 2 is 1.18 bits per heavy atom. The predicted molar refractivity (Wildman–Crippen MR) is 71.3 cm³/mol. The average Bonchev–Trinajstić information content (AvgIpc) is 2.73. The van der Waals surface area contributed by atoms with Gasteiger partial charge in [-0.25, -0.2) is 24.2 Å². The van der Waals surface area contributed by atoms with Crippen LogP contribution < -0.4 is 0 Å². The van der Waals surface area contributed by atoms with Crippen LogP contribution in [-0.2, 0) is 28.7 Å². The number of imide groups is 2. The zero-order chi connectivity index (χ0) is 17.0. The molecule has 1 aliphatic rings. The van der Waals surface area contributed by atoms with Crippen molar-refractivity contribution in [3.05, 3.63) is 0 Å². The smallest absolute Gasteiger partial charge is 0.335 e. The predicted octanol–water partition coefficient (Wildman–Crippen LogP) is -0.320. The lowest BCUT2D eigenvalue weighted by molar-refractivity contribution is -0.153. The highest BCUT2D eigenvalue weighted by Crippen LogP contribution is 2.22. The van der Waals surface area contributed by atoms with Gasteiger partial charge in [0.15, 0.2) is 0 Å². The van der Waals surface area contributed by atoms with Crippen LogP contribution in [0.4, 0.5) is 4.79 Å². The quantitative estimate of drug-likeness (QED) is 0.375. The van der Waals surface area contributed by atoms with Gasteiger partial charge in [0.2, 0.25) is 0 Å². The third kappa shape index (κ3) is 2.78. The molecule has 1 fully saturated rings. The molecule has 0 aromatic carbocycles. The summed E-state index contributed by atoms with van der Waals surface area (Å²) in [6.07, 6.45) is 0.167. The average molecular weight is 314 g/mol. The van der Waals surface area contributed by atoms with Gasteiger partial charge in [0.05, 0.1) is 14.2 Å². The summed E-state index contributed by atoms with van der Waals surface area (Å²) in [5.74, 6) is -3.95. The fraction of sp³-hybridized carbons (Fsp3) is 0.615. The van der Waals surface area contributed by atoms with Gasteiger partial charge >= 0.3 is 29.8 Å². The Kier molecular flexibility index (Phi) is 5.61. The molecule has 0 radical (unpaired) electrons. The molecule has 0 N–H and O–H groups in total. The second-order valence-electron chi connectivity index (χ2n) is 4.53. The summed E-state index contributed by atoms with van der Waals surface area (Å²) in [6, 6.07) is -3.45. The van der Waals surface area contributed by atoms with Gasteiger partial charge in [0.1, 0.15) is 12.1 Å². The summed E-state index contributed by atoms with van der Waals surface area (Å²) in [6.45, 7) is 3.12. The van der Waals surface area contributed by atoms with E-state index < -0.39 is 41.9 Å². The van der Waals surface area contributed by atoms with E-state index >= 15 is 0 Å². The summed E-state index contributed by atoms with van der Waals surface area (Å²) in [4.78, 5) is 60.8. The van der Waals surface area contributed by atoms with Crippen molar-refractivity contribution in [2.45, 2.75) is 38.8 Å². The SMILES string of the molecule is CCC(C(=O)OC)N1C(=O)C(=O)N(C(CC)C(=O)OC)C1=O. The highest BCUT2D eigenvalue weighted by Gasteiger charge is 2.53. The number of urea groups is 1. The Hall–Kier alpha value is -2.45. The Morgan fingerprint density at radius 3 is 1.41 bits per heavy atom. The van der Waals surface area contributed by atoms with E-state index in [0.29, 0.717) is 9.80 Å². The summed E-state index contributed by atoms with van der Waals surface area (Å²) in [5, 5.41) is 0. The summed E-state index contributed by atoms with van der Waals surface area (Å²) in [7, 11) is 2.22. The van der Waals surface area contributed by atoms with Gasteiger partial charge < -0.3 is 9.47 Å². The third-order valence-electron chi connectivity index (χ3n) is 3.38. The first-order valence-electron chi connectivity index (χ1n) is 6.71. The minimum atomic E-state index is -1.21. The molecule has 1 rings (SSSR count). The van der Waals surface area contributed by atoms with E-state index in [-0.39, 0.29) is 12.8 Å². The standard InChI is InChI=1S/C13H18N2O7/c1-5-7(11(18)21-3)14-9(16)10(17)15(13(14)20)8(6-2)12(19)22-4/h7-8H,5-6H2,1-4H3. The number of rotatable bonds is 6. The Morgan fingerprint density at radius 1 is 0.864 bits per heavy atom. The highest BCUT2D eigenvalue weighted by molar-refractivity contribution is 6.45. The second kappa shape index (κ2) is 7.01. The van der Waals surface area contributed by atoms with Gasteiger partial charge in [-0.15, -0.1) is 0 Å². The number of hydrogen-bond donors (Lipinski definition) is 0. The van der Waals surface area contributed by atoms with Crippen LogP contribution in [0.25, 0.3) is 0 Å². The minimum absolute atomic E-state index is 0.0836. The van der Waals surface area contributed by atoms with E-state index in [4.69, 9.17) is 0 Å². The summed E-state index contributed by atoms with van der Waals surface area (Å²) in [5.41, 5.74) is 0. The fourth-order valence-electron chi connectivity index (χ4n) is 2.23. The van der Waals surface area contributed by atoms with E-state index in [0.717, 1.165) is 14.2 Å². The molecule has 122 valence electrons. The summed E-state index contributed by atoms with van der Waals surface area (Å²) >= 11 is 0. The molecule has 1 aliphatic heterocycles. The molecule has 0 aromatic rings. The van der Waals surface area contributed by atoms with Gasteiger partial charge in [-0.1, -0.05) is 13.8 Å². The number of hydrogen-bond acceptors (Lipinski definition) is 7. The zero-order valence-corrected chi connectivity index (χ0v) is 12.8. The largest absolute Gasteiger partial charge is 0.467 e. The normalized spacial score (nSPS) is 17.5. The number of carbonyl (C=O) groups is 5. The molecule has 1 saturated heterocycles. The van der Waals surface area contributed by atoms with Crippen LogP contribution in [0, 0.1) is 0 Å². The molecule has 0 saturated carbocycles. The molecule has 0 bridgehead atoms. The van der Waals surface area contributed by atoms with Crippen molar-refractivity contribution in [2.24, 2.45) is 0 Å². The topological polar surface area (TPSA) is 110 Å². The minimum Gasteiger partial charge on any atom is -0.467 e. The van der Waals surface area contributed by atoms with Crippen molar-refractivity contribution in [3.63, 3.8) is 0 Å². The molecule has 1 heterocycles. The van der Waals surface area contributed by atoms with E-state index in [1.807, 2.05) is 0 Å². The number of carbonyl (C=O) groups excluding carboxylic acids is 5. The van der Waals surface area contributed by atoms with Gasteiger partial charge in [-0.3, -0.25) is 9.59 Å². The van der Waals surface area contributed by atoms with E-state index in [1.165, 1.54) is 0 Å². The molecule has 22 heavy (non-hydrogen) atoms. The molecule has 9 nitrogen and oxygen atoms in total. The second-order valence-corrected chi connectivity index (χ2v) is 4.53. The van der Waals surface area contributed by atoms with Crippen molar-refractivity contribution in [1.82, 2.24) is 9.80 Å². The monoisotopic (exact) mass is 314 g/mol. The molecule has 4 amide bonds. The third-order valence-corrected chi connectivity index (χ3v) is 3.38. The Balaban J connectivity index is 3.20. The number of amides is 4. The van der Waals surface area contributed by atoms with Gasteiger partial charge in [0.25, 0.3) is 0 Å². The number of ether oxygens (including phenoxy) is 2. The van der Waals surface area contributed by atoms with Crippen LogP contribution in [0.3, 0.4) is 0 Å². The van der Waals surface area contributed by atoms with Gasteiger partial charge in [0, 0.05) is 0 Å². The number of esters is 2. The van der Waals surface area contributed by atoms with Crippen molar-refractivity contribution in [2.75, 3.05) is 14.2 Å². The van der Waals surface area contributed by atoms with E-state index in [9.17, 15) is 24.0 Å². The first-order chi connectivity index (χ1) is 10.3. The van der Waals surface area contributed by atoms with Crippen LogP contribution in [0.15, 0.2) is 0 Å². The molecular weight excluding hydrogens is 296 g/mol. The lowest BCUT2D eigenvalue weighted by Gasteiger charge is -2.24. The Bertz CT molecular complexity index is 473. The van der Waals surface area contributed by atoms with E-state index in [2.05, 4.69) is 9.47 Å². The maximum atomic E-state index is 12.4. The molecular formula is C13H18N2O7. The van der Waals surface area contributed by atoms with Crippen LogP contribution in [0.2, 0.25) is 0 Å². The van der Waals surface area contributed by atoms with Crippen molar-refractivity contribution < 1.29 is 33.4 Å². The zero-order valence-electron chi connectivity index (χ0n) is 12.8. The van der Waals surface area contributed by atoms with Crippen LogP contribution in [-0.4, -0.2) is 65.9 Å². The molecule has 0 aliphatic carbocycles. The molecule has 0 spiro atoms. The number of methoxy groups -OCH3 is 2. The van der Waals surface area contributed by atoms with Crippen LogP contribution in [0.1, 0.15) is 26.7 Å². The maximum Gasteiger partial charge on any atom is 0.335 e. The summed E-state index contributed by atoms with van der Waals surface area (Å²) < 4.78 is 9.06. The van der Waals surface area contributed by atoms with Crippen LogP contribution >= 0.6 is 0 Å².